The molecule has 0 unspecified atom stereocenters. The maximum absolute atomic E-state index is 12.3. The first kappa shape index (κ1) is 13.9. The lowest BCUT2D eigenvalue weighted by atomic mass is 10.0. The van der Waals surface area contributed by atoms with Gasteiger partial charge in [0.25, 0.3) is 0 Å². The number of carbonyl (C=O) groups is 1. The fraction of sp³-hybridized carbons (Fsp3) is 0.133. The van der Waals surface area contributed by atoms with E-state index in [0.717, 1.165) is 0 Å². The van der Waals surface area contributed by atoms with E-state index in [1.807, 2.05) is 13.0 Å². The fourth-order valence-corrected chi connectivity index (χ4v) is 2.00. The van der Waals surface area contributed by atoms with Crippen LogP contribution >= 0.6 is 23.2 Å². The van der Waals surface area contributed by atoms with Gasteiger partial charge in [-0.05, 0) is 37.3 Å². The molecule has 4 heteroatoms. The first-order valence-electron chi connectivity index (χ1n) is 5.84. The Bertz CT molecular complexity index is 609. The molecule has 0 N–H and O–H groups in total. The van der Waals surface area contributed by atoms with Crippen LogP contribution in [0.4, 0.5) is 0 Å². The Morgan fingerprint density at radius 1 is 1.05 bits per heavy atom. The number of ether oxygens (including phenoxy) is 1. The van der Waals surface area contributed by atoms with Gasteiger partial charge in [-0.3, -0.25) is 4.79 Å². The van der Waals surface area contributed by atoms with Crippen molar-refractivity contribution in [2.45, 2.75) is 6.92 Å². The van der Waals surface area contributed by atoms with Gasteiger partial charge >= 0.3 is 0 Å². The lowest BCUT2D eigenvalue weighted by Crippen LogP contribution is -2.02. The second-order valence-corrected chi connectivity index (χ2v) is 4.73. The van der Waals surface area contributed by atoms with E-state index in [9.17, 15) is 4.79 Å². The minimum atomic E-state index is -0.111. The zero-order valence-electron chi connectivity index (χ0n) is 10.3. The Balaban J connectivity index is 2.32. The number of hydrogen-bond donors (Lipinski definition) is 0. The molecule has 19 heavy (non-hydrogen) atoms. The third kappa shape index (κ3) is 3.28. The summed E-state index contributed by atoms with van der Waals surface area (Å²) >= 11 is 11.8. The molecule has 0 aliphatic rings. The van der Waals surface area contributed by atoms with Crippen molar-refractivity contribution < 1.29 is 9.53 Å². The van der Waals surface area contributed by atoms with Gasteiger partial charge in [0.2, 0.25) is 0 Å². The van der Waals surface area contributed by atoms with E-state index >= 15 is 0 Å². The van der Waals surface area contributed by atoms with Crippen molar-refractivity contribution in [2.24, 2.45) is 0 Å². The van der Waals surface area contributed by atoms with Crippen LogP contribution in [0.2, 0.25) is 10.0 Å². The number of benzene rings is 2. The molecule has 2 nitrogen and oxygen atoms in total. The average Bonchev–Trinajstić information content (AvgIpc) is 2.42. The van der Waals surface area contributed by atoms with Crippen LogP contribution in [0.15, 0.2) is 42.5 Å². The van der Waals surface area contributed by atoms with Gasteiger partial charge in [-0.1, -0.05) is 35.3 Å². The van der Waals surface area contributed by atoms with E-state index in [1.165, 1.54) is 0 Å². The predicted octanol–water partition coefficient (Wildman–Crippen LogP) is 4.62. The molecule has 98 valence electrons. The highest BCUT2D eigenvalue weighted by Crippen LogP contribution is 2.24. The average molecular weight is 295 g/mol. The van der Waals surface area contributed by atoms with Gasteiger partial charge in [0, 0.05) is 11.1 Å². The summed E-state index contributed by atoms with van der Waals surface area (Å²) in [6.07, 6.45) is 0. The molecule has 0 saturated heterocycles. The Kier molecular flexibility index (Phi) is 4.46. The Hall–Kier alpha value is -1.51. The smallest absolute Gasteiger partial charge is 0.193 e. The van der Waals surface area contributed by atoms with Gasteiger partial charge in [0.05, 0.1) is 16.7 Å². The Labute approximate surface area is 121 Å². The molecule has 0 aromatic heterocycles. The SMILES string of the molecule is CCOc1cccc(C(=O)c2ccc(Cl)c(Cl)c2)c1. The summed E-state index contributed by atoms with van der Waals surface area (Å²) in [5.74, 6) is 0.563. The molecular weight excluding hydrogens is 283 g/mol. The maximum Gasteiger partial charge on any atom is 0.193 e. The number of hydrogen-bond acceptors (Lipinski definition) is 2. The summed E-state index contributed by atoms with van der Waals surface area (Å²) in [4.78, 5) is 12.3. The van der Waals surface area contributed by atoms with Gasteiger partial charge in [-0.2, -0.15) is 0 Å². The summed E-state index contributed by atoms with van der Waals surface area (Å²) in [7, 11) is 0. The third-order valence-corrected chi connectivity index (χ3v) is 3.33. The van der Waals surface area contributed by atoms with Crippen LogP contribution in [0.3, 0.4) is 0 Å². The zero-order chi connectivity index (χ0) is 13.8. The topological polar surface area (TPSA) is 26.3 Å². The van der Waals surface area contributed by atoms with Crippen molar-refractivity contribution in [3.05, 3.63) is 63.6 Å². The molecular formula is C15H12Cl2O2. The summed E-state index contributed by atoms with van der Waals surface area (Å²) in [6, 6.07) is 11.9. The first-order valence-corrected chi connectivity index (χ1v) is 6.60. The number of carbonyl (C=O) groups excluding carboxylic acids is 1. The van der Waals surface area contributed by atoms with Crippen LogP contribution in [0.25, 0.3) is 0 Å². The van der Waals surface area contributed by atoms with Gasteiger partial charge < -0.3 is 4.74 Å². The van der Waals surface area contributed by atoms with Crippen molar-refractivity contribution in [1.29, 1.82) is 0 Å². The van der Waals surface area contributed by atoms with E-state index < -0.39 is 0 Å². The molecule has 0 aliphatic carbocycles. The molecule has 0 radical (unpaired) electrons. The summed E-state index contributed by atoms with van der Waals surface area (Å²) in [5.41, 5.74) is 1.06. The maximum atomic E-state index is 12.3. The van der Waals surface area contributed by atoms with E-state index in [0.29, 0.717) is 33.5 Å². The predicted molar refractivity (Wildman–Crippen MR) is 77.5 cm³/mol. The summed E-state index contributed by atoms with van der Waals surface area (Å²) < 4.78 is 5.38. The summed E-state index contributed by atoms with van der Waals surface area (Å²) in [5, 5.41) is 0.801. The van der Waals surface area contributed by atoms with Crippen molar-refractivity contribution in [1.82, 2.24) is 0 Å². The highest BCUT2D eigenvalue weighted by molar-refractivity contribution is 6.42. The number of ketones is 1. The zero-order valence-corrected chi connectivity index (χ0v) is 11.8. The highest BCUT2D eigenvalue weighted by atomic mass is 35.5. The van der Waals surface area contributed by atoms with Crippen molar-refractivity contribution in [3.8, 4) is 5.75 Å². The molecule has 2 rings (SSSR count). The minimum absolute atomic E-state index is 0.111. The largest absolute Gasteiger partial charge is 0.494 e. The first-order chi connectivity index (χ1) is 9.11. The van der Waals surface area contributed by atoms with Crippen LogP contribution in [0.5, 0.6) is 5.75 Å². The molecule has 2 aromatic rings. The van der Waals surface area contributed by atoms with E-state index in [1.54, 1.807) is 36.4 Å². The van der Waals surface area contributed by atoms with Crippen molar-refractivity contribution >= 4 is 29.0 Å². The van der Waals surface area contributed by atoms with Crippen molar-refractivity contribution in [2.75, 3.05) is 6.61 Å². The molecule has 0 heterocycles. The van der Waals surface area contributed by atoms with Crippen LogP contribution in [0, 0.1) is 0 Å². The number of rotatable bonds is 4. The standard InChI is InChI=1S/C15H12Cl2O2/c1-2-19-12-5-3-4-10(8-12)15(18)11-6-7-13(16)14(17)9-11/h3-9H,2H2,1H3. The lowest BCUT2D eigenvalue weighted by Gasteiger charge is -2.06. The van der Waals surface area contributed by atoms with Crippen LogP contribution in [-0.4, -0.2) is 12.4 Å². The third-order valence-electron chi connectivity index (χ3n) is 2.59. The molecule has 2 aromatic carbocycles. The normalized spacial score (nSPS) is 10.3. The Morgan fingerprint density at radius 2 is 1.79 bits per heavy atom. The van der Waals surface area contributed by atoms with E-state index in [4.69, 9.17) is 27.9 Å². The molecule has 0 bridgehead atoms. The molecule has 0 saturated carbocycles. The Morgan fingerprint density at radius 3 is 2.47 bits per heavy atom. The van der Waals surface area contributed by atoms with Gasteiger partial charge in [0.1, 0.15) is 5.75 Å². The van der Waals surface area contributed by atoms with E-state index in [-0.39, 0.29) is 5.78 Å². The monoisotopic (exact) mass is 294 g/mol. The van der Waals surface area contributed by atoms with Gasteiger partial charge in [0.15, 0.2) is 5.78 Å². The summed E-state index contributed by atoms with van der Waals surface area (Å²) in [6.45, 7) is 2.46. The molecule has 0 spiro atoms. The molecule has 0 atom stereocenters. The number of halogens is 2. The van der Waals surface area contributed by atoms with Gasteiger partial charge in [-0.15, -0.1) is 0 Å². The minimum Gasteiger partial charge on any atom is -0.494 e. The fourth-order valence-electron chi connectivity index (χ4n) is 1.70. The lowest BCUT2D eigenvalue weighted by molar-refractivity contribution is 0.103. The second-order valence-electron chi connectivity index (χ2n) is 3.92. The second kappa shape index (κ2) is 6.09. The van der Waals surface area contributed by atoms with E-state index in [2.05, 4.69) is 0 Å². The highest BCUT2D eigenvalue weighted by Gasteiger charge is 2.11. The molecule has 0 aliphatic heterocycles. The van der Waals surface area contributed by atoms with Crippen LogP contribution in [-0.2, 0) is 0 Å². The molecule has 0 amide bonds. The van der Waals surface area contributed by atoms with Crippen molar-refractivity contribution in [3.63, 3.8) is 0 Å². The van der Waals surface area contributed by atoms with Gasteiger partial charge in [-0.25, -0.2) is 0 Å². The van der Waals surface area contributed by atoms with Crippen LogP contribution < -0.4 is 4.74 Å². The van der Waals surface area contributed by atoms with Crippen LogP contribution in [0.1, 0.15) is 22.8 Å². The molecule has 0 fully saturated rings. The quantitative estimate of drug-likeness (QED) is 0.769.